The molecule has 2 aromatic heterocycles. The molecule has 2 heterocycles. The first-order valence-corrected chi connectivity index (χ1v) is 8.28. The number of nitro groups is 1. The number of furan rings is 1. The Bertz CT molecular complexity index is 1120. The fourth-order valence-electron chi connectivity index (χ4n) is 2.25. The van der Waals surface area contributed by atoms with Crippen LogP contribution in [-0.4, -0.2) is 28.0 Å². The van der Waals surface area contributed by atoms with Gasteiger partial charge in [0.25, 0.3) is 11.6 Å². The van der Waals surface area contributed by atoms with E-state index < -0.39 is 16.8 Å². The van der Waals surface area contributed by atoms with Gasteiger partial charge in [0.1, 0.15) is 23.4 Å². The van der Waals surface area contributed by atoms with Gasteiger partial charge < -0.3 is 14.3 Å². The highest BCUT2D eigenvalue weighted by Crippen LogP contribution is 2.26. The van der Waals surface area contributed by atoms with Crippen LogP contribution in [0.4, 0.5) is 5.69 Å². The minimum Gasteiger partial charge on any atom is -0.545 e. The Hall–Kier alpha value is -4.05. The zero-order valence-electron chi connectivity index (χ0n) is 14.4. The molecule has 3 aromatic rings. The van der Waals surface area contributed by atoms with Crippen LogP contribution in [0.2, 0.25) is 5.02 Å². The molecule has 0 unspecified atom stereocenters. The molecule has 0 aliphatic heterocycles. The summed E-state index contributed by atoms with van der Waals surface area (Å²) < 4.78 is 5.53. The molecule has 0 aliphatic rings. The fraction of sp³-hybridized carbons (Fsp3) is 0. The van der Waals surface area contributed by atoms with Gasteiger partial charge in [0.05, 0.1) is 17.1 Å². The number of aromatic nitrogens is 1. The summed E-state index contributed by atoms with van der Waals surface area (Å²) in [5, 5.41) is 25.4. The molecule has 1 amide bonds. The van der Waals surface area contributed by atoms with Crippen LogP contribution in [0.25, 0.3) is 11.3 Å². The molecule has 1 aromatic carbocycles. The maximum Gasteiger partial charge on any atom is 0.289 e. The van der Waals surface area contributed by atoms with Crippen molar-refractivity contribution in [2.24, 2.45) is 5.10 Å². The Balaban J connectivity index is 1.67. The molecule has 0 fully saturated rings. The summed E-state index contributed by atoms with van der Waals surface area (Å²) in [4.78, 5) is 36.6. The van der Waals surface area contributed by atoms with Crippen molar-refractivity contribution < 1.29 is 24.0 Å². The predicted molar refractivity (Wildman–Crippen MR) is 99.4 cm³/mol. The quantitative estimate of drug-likeness (QED) is 0.368. The zero-order chi connectivity index (χ0) is 21.0. The molecule has 3 rings (SSSR count). The number of hydrogen-bond donors (Lipinski definition) is 1. The third-order valence-corrected chi connectivity index (χ3v) is 3.98. The van der Waals surface area contributed by atoms with Gasteiger partial charge in [-0.25, -0.2) is 10.4 Å². The molecule has 29 heavy (non-hydrogen) atoms. The number of carbonyl (C=O) groups excluding carboxylic acids is 2. The lowest BCUT2D eigenvalue weighted by molar-refractivity contribution is -0.385. The number of carboxylic acid groups (broad SMARTS) is 1. The average Bonchev–Trinajstić information content (AvgIpc) is 3.17. The number of benzene rings is 1. The molecule has 0 atom stereocenters. The van der Waals surface area contributed by atoms with Gasteiger partial charge in [-0.2, -0.15) is 5.10 Å². The van der Waals surface area contributed by atoms with Gasteiger partial charge in [-0.05, 0) is 36.4 Å². The summed E-state index contributed by atoms with van der Waals surface area (Å²) in [5.74, 6) is -1.44. The van der Waals surface area contributed by atoms with Crippen molar-refractivity contribution >= 4 is 35.4 Å². The molecule has 0 saturated carbocycles. The standard InChI is InChI=1S/C18H11ClN4O6/c19-14-4-1-10(7-13(14)18(25)26)16-6-3-12(29-16)9-21-22-17(24)15-5-2-11(8-20-15)23(27)28/h1-9H,(H,22,24)(H,25,26)/p-1/b21-9+. The van der Waals surface area contributed by atoms with Crippen molar-refractivity contribution in [2.45, 2.75) is 0 Å². The monoisotopic (exact) mass is 413 g/mol. The SMILES string of the molecule is O=C(N/N=C/c1ccc(-c2ccc(Cl)c(C(=O)[O-])c2)o1)c1ccc([N+](=O)[O-])cn1. The van der Waals surface area contributed by atoms with Crippen LogP contribution in [0.5, 0.6) is 0 Å². The summed E-state index contributed by atoms with van der Waals surface area (Å²) in [5.41, 5.74) is 2.22. The Labute approximate surface area is 167 Å². The lowest BCUT2D eigenvalue weighted by atomic mass is 10.1. The topological polar surface area (TPSA) is 151 Å². The summed E-state index contributed by atoms with van der Waals surface area (Å²) >= 11 is 5.81. The molecule has 10 nitrogen and oxygen atoms in total. The molecule has 0 spiro atoms. The number of carboxylic acids is 1. The van der Waals surface area contributed by atoms with Crippen LogP contribution < -0.4 is 10.5 Å². The van der Waals surface area contributed by atoms with Crippen LogP contribution in [0.15, 0.2) is 58.2 Å². The van der Waals surface area contributed by atoms with E-state index in [9.17, 15) is 24.8 Å². The average molecular weight is 414 g/mol. The van der Waals surface area contributed by atoms with Crippen molar-refractivity contribution in [3.05, 3.63) is 80.8 Å². The van der Waals surface area contributed by atoms with Gasteiger partial charge in [-0.3, -0.25) is 14.9 Å². The molecule has 0 aliphatic carbocycles. The predicted octanol–water partition coefficient (Wildman–Crippen LogP) is 2.03. The van der Waals surface area contributed by atoms with E-state index in [-0.39, 0.29) is 27.7 Å². The molecular formula is C18H10ClN4O6-. The van der Waals surface area contributed by atoms with Crippen LogP contribution in [-0.2, 0) is 0 Å². The van der Waals surface area contributed by atoms with Gasteiger partial charge in [0.15, 0.2) is 0 Å². The second-order valence-corrected chi connectivity index (χ2v) is 5.95. The first-order valence-electron chi connectivity index (χ1n) is 7.90. The van der Waals surface area contributed by atoms with E-state index in [1.165, 1.54) is 24.4 Å². The van der Waals surface area contributed by atoms with E-state index in [2.05, 4.69) is 15.5 Å². The summed E-state index contributed by atoms with van der Waals surface area (Å²) in [6.45, 7) is 0. The smallest absolute Gasteiger partial charge is 0.289 e. The van der Waals surface area contributed by atoms with Gasteiger partial charge in [-0.1, -0.05) is 11.6 Å². The lowest BCUT2D eigenvalue weighted by Crippen LogP contribution is -2.22. The highest BCUT2D eigenvalue weighted by molar-refractivity contribution is 6.33. The zero-order valence-corrected chi connectivity index (χ0v) is 15.1. The third-order valence-electron chi connectivity index (χ3n) is 3.65. The van der Waals surface area contributed by atoms with E-state index in [4.69, 9.17) is 16.0 Å². The fourth-order valence-corrected chi connectivity index (χ4v) is 2.45. The van der Waals surface area contributed by atoms with Crippen LogP contribution >= 0.6 is 11.6 Å². The second kappa shape index (κ2) is 8.31. The highest BCUT2D eigenvalue weighted by Gasteiger charge is 2.11. The van der Waals surface area contributed by atoms with Crippen LogP contribution in [0, 0.1) is 10.1 Å². The van der Waals surface area contributed by atoms with Crippen LogP contribution in [0.1, 0.15) is 26.6 Å². The molecule has 146 valence electrons. The Morgan fingerprint density at radius 3 is 2.66 bits per heavy atom. The molecule has 0 radical (unpaired) electrons. The Morgan fingerprint density at radius 2 is 2.00 bits per heavy atom. The molecule has 0 bridgehead atoms. The summed E-state index contributed by atoms with van der Waals surface area (Å²) in [7, 11) is 0. The number of carbonyl (C=O) groups is 2. The Kier molecular flexibility index (Phi) is 5.65. The first-order chi connectivity index (χ1) is 13.8. The number of rotatable bonds is 6. The Morgan fingerprint density at radius 1 is 1.21 bits per heavy atom. The van der Waals surface area contributed by atoms with E-state index in [0.29, 0.717) is 11.3 Å². The number of amides is 1. The van der Waals surface area contributed by atoms with E-state index >= 15 is 0 Å². The van der Waals surface area contributed by atoms with Crippen molar-refractivity contribution in [2.75, 3.05) is 0 Å². The van der Waals surface area contributed by atoms with Gasteiger partial charge in [0, 0.05) is 22.2 Å². The number of hydrogen-bond acceptors (Lipinski definition) is 8. The number of hydrazone groups is 1. The number of nitrogens with one attached hydrogen (secondary N) is 1. The van der Waals surface area contributed by atoms with Crippen molar-refractivity contribution in [3.63, 3.8) is 0 Å². The van der Waals surface area contributed by atoms with Crippen molar-refractivity contribution in [1.29, 1.82) is 0 Å². The first kappa shape index (κ1) is 19.7. The minimum atomic E-state index is -1.41. The molecule has 1 N–H and O–H groups in total. The van der Waals surface area contributed by atoms with Gasteiger partial charge in [-0.15, -0.1) is 0 Å². The maximum atomic E-state index is 11.9. The number of halogens is 1. The molecule has 11 heteroatoms. The highest BCUT2D eigenvalue weighted by atomic mass is 35.5. The van der Waals surface area contributed by atoms with Gasteiger partial charge >= 0.3 is 0 Å². The lowest BCUT2D eigenvalue weighted by Gasteiger charge is -2.06. The minimum absolute atomic E-state index is 0.0460. The number of aromatic carboxylic acids is 1. The van der Waals surface area contributed by atoms with Crippen molar-refractivity contribution in [3.8, 4) is 11.3 Å². The molecule has 0 saturated heterocycles. The largest absolute Gasteiger partial charge is 0.545 e. The second-order valence-electron chi connectivity index (χ2n) is 5.54. The number of pyridine rings is 1. The van der Waals surface area contributed by atoms with E-state index in [1.54, 1.807) is 18.2 Å². The van der Waals surface area contributed by atoms with Crippen molar-refractivity contribution in [1.82, 2.24) is 10.4 Å². The van der Waals surface area contributed by atoms with E-state index in [0.717, 1.165) is 12.3 Å². The molecular weight excluding hydrogens is 404 g/mol. The van der Waals surface area contributed by atoms with Gasteiger partial charge in [0.2, 0.25) is 0 Å². The number of nitrogens with zero attached hydrogens (tertiary/aromatic N) is 3. The maximum absolute atomic E-state index is 11.9. The summed E-state index contributed by atoms with van der Waals surface area (Å²) in [6, 6.07) is 9.80. The van der Waals surface area contributed by atoms with E-state index in [1.807, 2.05) is 0 Å². The van der Waals surface area contributed by atoms with Crippen LogP contribution in [0.3, 0.4) is 0 Å². The normalized spacial score (nSPS) is 10.8. The summed E-state index contributed by atoms with van der Waals surface area (Å²) in [6.07, 6.45) is 2.19. The third kappa shape index (κ3) is 4.62.